The van der Waals surface area contributed by atoms with Crippen LogP contribution in [0.15, 0.2) is 18.2 Å². The SMILES string of the molecule is CC1CNc2cccc(CN)c2N1C. The first-order chi connectivity index (χ1) is 6.74. The van der Waals surface area contributed by atoms with E-state index in [1.54, 1.807) is 0 Å². The van der Waals surface area contributed by atoms with E-state index in [9.17, 15) is 0 Å². The van der Waals surface area contributed by atoms with Gasteiger partial charge in [0.25, 0.3) is 0 Å². The fourth-order valence-corrected chi connectivity index (χ4v) is 1.93. The predicted molar refractivity (Wildman–Crippen MR) is 60.7 cm³/mol. The Morgan fingerprint density at radius 2 is 2.36 bits per heavy atom. The molecule has 14 heavy (non-hydrogen) atoms. The van der Waals surface area contributed by atoms with E-state index >= 15 is 0 Å². The van der Waals surface area contributed by atoms with Gasteiger partial charge in [0.2, 0.25) is 0 Å². The van der Waals surface area contributed by atoms with Crippen LogP contribution in [-0.2, 0) is 6.54 Å². The van der Waals surface area contributed by atoms with Crippen LogP contribution >= 0.6 is 0 Å². The van der Waals surface area contributed by atoms with Crippen molar-refractivity contribution < 1.29 is 0 Å². The molecule has 1 heterocycles. The van der Waals surface area contributed by atoms with Gasteiger partial charge in [0.05, 0.1) is 11.4 Å². The number of hydrogen-bond acceptors (Lipinski definition) is 3. The summed E-state index contributed by atoms with van der Waals surface area (Å²) >= 11 is 0. The Bertz CT molecular complexity index is 321. The van der Waals surface area contributed by atoms with E-state index in [-0.39, 0.29) is 0 Å². The molecule has 0 saturated heterocycles. The molecule has 1 unspecified atom stereocenters. The zero-order valence-electron chi connectivity index (χ0n) is 8.75. The number of para-hydroxylation sites is 1. The quantitative estimate of drug-likeness (QED) is 0.705. The Morgan fingerprint density at radius 3 is 3.07 bits per heavy atom. The third kappa shape index (κ3) is 1.34. The number of anilines is 2. The van der Waals surface area contributed by atoms with Crippen molar-refractivity contribution in [2.24, 2.45) is 5.73 Å². The lowest BCUT2D eigenvalue weighted by Crippen LogP contribution is -2.40. The van der Waals surface area contributed by atoms with Crippen molar-refractivity contribution in [2.75, 3.05) is 23.8 Å². The Kier molecular flexibility index (Phi) is 2.33. The number of hydrogen-bond donors (Lipinski definition) is 2. The van der Waals surface area contributed by atoms with Gasteiger partial charge < -0.3 is 16.0 Å². The molecule has 1 aliphatic heterocycles. The van der Waals surface area contributed by atoms with Crippen LogP contribution in [0.25, 0.3) is 0 Å². The molecule has 1 aromatic carbocycles. The third-order valence-electron chi connectivity index (χ3n) is 2.94. The molecule has 3 heteroatoms. The highest BCUT2D eigenvalue weighted by Gasteiger charge is 2.21. The average Bonchev–Trinajstić information content (AvgIpc) is 2.23. The maximum atomic E-state index is 5.73. The van der Waals surface area contributed by atoms with Crippen LogP contribution in [0.1, 0.15) is 12.5 Å². The topological polar surface area (TPSA) is 41.3 Å². The van der Waals surface area contributed by atoms with Crippen molar-refractivity contribution in [2.45, 2.75) is 19.5 Å². The molecule has 0 radical (unpaired) electrons. The monoisotopic (exact) mass is 191 g/mol. The lowest BCUT2D eigenvalue weighted by atomic mass is 10.1. The zero-order chi connectivity index (χ0) is 10.1. The van der Waals surface area contributed by atoms with Crippen LogP contribution in [0.5, 0.6) is 0 Å². The van der Waals surface area contributed by atoms with E-state index in [0.717, 1.165) is 6.54 Å². The molecule has 1 atom stereocenters. The Hall–Kier alpha value is -1.22. The van der Waals surface area contributed by atoms with Crippen LogP contribution in [0.3, 0.4) is 0 Å². The molecule has 0 fully saturated rings. The van der Waals surface area contributed by atoms with Crippen LogP contribution in [0.4, 0.5) is 11.4 Å². The van der Waals surface area contributed by atoms with E-state index in [2.05, 4.69) is 42.4 Å². The Labute approximate surface area is 84.9 Å². The zero-order valence-corrected chi connectivity index (χ0v) is 8.75. The largest absolute Gasteiger partial charge is 0.381 e. The number of fused-ring (bicyclic) bond motifs is 1. The Morgan fingerprint density at radius 1 is 1.57 bits per heavy atom. The van der Waals surface area contributed by atoms with Crippen LogP contribution < -0.4 is 16.0 Å². The molecule has 0 aliphatic carbocycles. The second kappa shape index (κ2) is 3.50. The highest BCUT2D eigenvalue weighted by atomic mass is 15.2. The molecule has 0 amide bonds. The van der Waals surface area contributed by atoms with Gasteiger partial charge in [-0.2, -0.15) is 0 Å². The van der Waals surface area contributed by atoms with Crippen molar-refractivity contribution in [1.29, 1.82) is 0 Å². The highest BCUT2D eigenvalue weighted by Crippen LogP contribution is 2.33. The molecule has 3 N–H and O–H groups in total. The van der Waals surface area contributed by atoms with Crippen molar-refractivity contribution in [3.8, 4) is 0 Å². The summed E-state index contributed by atoms with van der Waals surface area (Å²) in [5.41, 5.74) is 9.40. The summed E-state index contributed by atoms with van der Waals surface area (Å²) in [6.45, 7) is 3.81. The molecule has 2 rings (SSSR count). The van der Waals surface area contributed by atoms with Crippen molar-refractivity contribution in [3.63, 3.8) is 0 Å². The molecule has 1 aliphatic rings. The lowest BCUT2D eigenvalue weighted by molar-refractivity contribution is 0.695. The number of nitrogens with two attached hydrogens (primary N) is 1. The second-order valence-electron chi connectivity index (χ2n) is 3.86. The summed E-state index contributed by atoms with van der Waals surface area (Å²) in [5.74, 6) is 0. The van der Waals surface area contributed by atoms with Crippen LogP contribution in [-0.4, -0.2) is 19.6 Å². The van der Waals surface area contributed by atoms with Gasteiger partial charge in [-0.3, -0.25) is 0 Å². The lowest BCUT2D eigenvalue weighted by Gasteiger charge is -2.36. The van der Waals surface area contributed by atoms with E-state index in [0.29, 0.717) is 12.6 Å². The summed E-state index contributed by atoms with van der Waals surface area (Å²) < 4.78 is 0. The molecule has 76 valence electrons. The third-order valence-corrected chi connectivity index (χ3v) is 2.94. The summed E-state index contributed by atoms with van der Waals surface area (Å²) in [6, 6.07) is 6.78. The fourth-order valence-electron chi connectivity index (χ4n) is 1.93. The van der Waals surface area contributed by atoms with Gasteiger partial charge in [-0.25, -0.2) is 0 Å². The number of nitrogens with zero attached hydrogens (tertiary/aromatic N) is 1. The van der Waals surface area contributed by atoms with Gasteiger partial charge >= 0.3 is 0 Å². The highest BCUT2D eigenvalue weighted by molar-refractivity contribution is 5.75. The second-order valence-corrected chi connectivity index (χ2v) is 3.86. The normalized spacial score (nSPS) is 20.2. The van der Waals surface area contributed by atoms with Gasteiger partial charge in [0.15, 0.2) is 0 Å². The standard InChI is InChI=1S/C11H17N3/c1-8-7-13-10-5-3-4-9(6-12)11(10)14(8)2/h3-5,8,13H,6-7,12H2,1-2H3. The first-order valence-electron chi connectivity index (χ1n) is 5.02. The average molecular weight is 191 g/mol. The molecule has 0 saturated carbocycles. The number of likely N-dealkylation sites (N-methyl/N-ethyl adjacent to an activating group) is 1. The summed E-state index contributed by atoms with van der Waals surface area (Å²) in [7, 11) is 2.13. The minimum Gasteiger partial charge on any atom is -0.381 e. The molecular weight excluding hydrogens is 174 g/mol. The van der Waals surface area contributed by atoms with Crippen LogP contribution in [0.2, 0.25) is 0 Å². The number of rotatable bonds is 1. The van der Waals surface area contributed by atoms with Gasteiger partial charge in [0.1, 0.15) is 0 Å². The first kappa shape index (κ1) is 9.34. The maximum absolute atomic E-state index is 5.73. The van der Waals surface area contributed by atoms with Crippen molar-refractivity contribution in [1.82, 2.24) is 0 Å². The molecule has 0 bridgehead atoms. The van der Waals surface area contributed by atoms with E-state index in [1.165, 1.54) is 16.9 Å². The maximum Gasteiger partial charge on any atom is 0.0647 e. The van der Waals surface area contributed by atoms with Gasteiger partial charge in [-0.15, -0.1) is 0 Å². The molecular formula is C11H17N3. The summed E-state index contributed by atoms with van der Waals surface area (Å²) in [4.78, 5) is 2.30. The number of nitrogens with one attached hydrogen (secondary N) is 1. The van der Waals surface area contributed by atoms with Crippen molar-refractivity contribution in [3.05, 3.63) is 23.8 Å². The minimum atomic E-state index is 0.523. The van der Waals surface area contributed by atoms with Crippen molar-refractivity contribution >= 4 is 11.4 Å². The smallest absolute Gasteiger partial charge is 0.0647 e. The molecule has 3 nitrogen and oxygen atoms in total. The Balaban J connectivity index is 2.49. The van der Waals surface area contributed by atoms with Gasteiger partial charge in [0, 0.05) is 26.2 Å². The summed E-state index contributed by atoms with van der Waals surface area (Å²) in [6.07, 6.45) is 0. The molecule has 0 aromatic heterocycles. The predicted octanol–water partition coefficient (Wildman–Crippen LogP) is 1.40. The summed E-state index contributed by atoms with van der Waals surface area (Å²) in [5, 5.41) is 3.42. The fraction of sp³-hybridized carbons (Fsp3) is 0.455. The minimum absolute atomic E-state index is 0.523. The van der Waals surface area contributed by atoms with E-state index in [1.807, 2.05) is 0 Å². The van der Waals surface area contributed by atoms with Gasteiger partial charge in [-0.05, 0) is 18.6 Å². The molecule has 0 spiro atoms. The molecule has 1 aromatic rings. The van der Waals surface area contributed by atoms with Crippen LogP contribution in [0, 0.1) is 0 Å². The van der Waals surface area contributed by atoms with Gasteiger partial charge in [-0.1, -0.05) is 12.1 Å². The number of benzene rings is 1. The van der Waals surface area contributed by atoms with E-state index in [4.69, 9.17) is 5.73 Å². The first-order valence-corrected chi connectivity index (χ1v) is 5.02. The van der Waals surface area contributed by atoms with E-state index < -0.39 is 0 Å².